The number of sulfonamides is 1. The van der Waals surface area contributed by atoms with E-state index in [0.717, 1.165) is 18.4 Å². The summed E-state index contributed by atoms with van der Waals surface area (Å²) in [4.78, 5) is 0. The molecule has 0 saturated carbocycles. The van der Waals surface area contributed by atoms with Crippen LogP contribution in [0.15, 0.2) is 34.3 Å². The van der Waals surface area contributed by atoms with Gasteiger partial charge in [0.2, 0.25) is 10.0 Å². The van der Waals surface area contributed by atoms with E-state index in [-0.39, 0.29) is 5.69 Å². The zero-order chi connectivity index (χ0) is 14.8. The smallest absolute Gasteiger partial charge is 0.239 e. The van der Waals surface area contributed by atoms with Crippen molar-refractivity contribution in [2.75, 3.05) is 4.72 Å². The minimum atomic E-state index is -3.61. The SMILES string of the molecule is CCC1=CCCCC1S(=O)(=O)Nc1ccc(Br)cc1F. The largest absolute Gasteiger partial charge is 0.280 e. The number of nitrogens with one attached hydrogen (secondary N) is 1. The van der Waals surface area contributed by atoms with Crippen molar-refractivity contribution in [3.8, 4) is 0 Å². The van der Waals surface area contributed by atoms with E-state index < -0.39 is 21.1 Å². The maximum Gasteiger partial charge on any atom is 0.239 e. The normalized spacial score (nSPS) is 19.6. The van der Waals surface area contributed by atoms with Gasteiger partial charge >= 0.3 is 0 Å². The van der Waals surface area contributed by atoms with Gasteiger partial charge in [-0.15, -0.1) is 0 Å². The fourth-order valence-electron chi connectivity index (χ4n) is 2.43. The lowest BCUT2D eigenvalue weighted by Crippen LogP contribution is -2.31. The van der Waals surface area contributed by atoms with Gasteiger partial charge in [-0.25, -0.2) is 12.8 Å². The van der Waals surface area contributed by atoms with Crippen LogP contribution in [-0.2, 0) is 10.0 Å². The highest BCUT2D eigenvalue weighted by molar-refractivity contribution is 9.10. The lowest BCUT2D eigenvalue weighted by Gasteiger charge is -2.24. The van der Waals surface area contributed by atoms with Gasteiger partial charge in [-0.1, -0.05) is 34.5 Å². The average Bonchev–Trinajstić information content (AvgIpc) is 2.42. The molecule has 6 heteroatoms. The molecule has 0 bridgehead atoms. The zero-order valence-electron chi connectivity index (χ0n) is 11.2. The molecule has 20 heavy (non-hydrogen) atoms. The van der Waals surface area contributed by atoms with Gasteiger partial charge in [-0.2, -0.15) is 0 Å². The summed E-state index contributed by atoms with van der Waals surface area (Å²) in [6.07, 6.45) is 5.05. The monoisotopic (exact) mass is 361 g/mol. The third-order valence-electron chi connectivity index (χ3n) is 3.46. The molecule has 1 unspecified atom stereocenters. The summed E-state index contributed by atoms with van der Waals surface area (Å²) in [6, 6.07) is 4.28. The Hall–Kier alpha value is -0.880. The molecule has 0 radical (unpaired) electrons. The Balaban J connectivity index is 2.27. The maximum absolute atomic E-state index is 13.8. The zero-order valence-corrected chi connectivity index (χ0v) is 13.6. The highest BCUT2D eigenvalue weighted by Gasteiger charge is 2.30. The Morgan fingerprint density at radius 2 is 2.20 bits per heavy atom. The predicted molar refractivity (Wildman–Crippen MR) is 82.7 cm³/mol. The van der Waals surface area contributed by atoms with E-state index in [2.05, 4.69) is 20.7 Å². The van der Waals surface area contributed by atoms with Crippen LogP contribution >= 0.6 is 15.9 Å². The fraction of sp³-hybridized carbons (Fsp3) is 0.429. The Bertz CT molecular complexity index is 628. The van der Waals surface area contributed by atoms with Crippen molar-refractivity contribution in [3.63, 3.8) is 0 Å². The molecule has 1 aromatic carbocycles. The Morgan fingerprint density at radius 3 is 2.85 bits per heavy atom. The molecular weight excluding hydrogens is 345 g/mol. The van der Waals surface area contributed by atoms with Gasteiger partial charge in [0.1, 0.15) is 11.1 Å². The molecule has 110 valence electrons. The van der Waals surface area contributed by atoms with Gasteiger partial charge in [0.15, 0.2) is 0 Å². The minimum Gasteiger partial charge on any atom is -0.280 e. The highest BCUT2D eigenvalue weighted by Crippen LogP contribution is 2.29. The van der Waals surface area contributed by atoms with E-state index in [9.17, 15) is 12.8 Å². The summed E-state index contributed by atoms with van der Waals surface area (Å²) in [7, 11) is -3.61. The molecule has 0 saturated heterocycles. The van der Waals surface area contributed by atoms with Crippen molar-refractivity contribution in [2.24, 2.45) is 0 Å². The third-order valence-corrected chi connectivity index (χ3v) is 5.74. The summed E-state index contributed by atoms with van der Waals surface area (Å²) >= 11 is 3.15. The summed E-state index contributed by atoms with van der Waals surface area (Å²) in [5, 5.41) is -0.552. The molecule has 0 spiro atoms. The lowest BCUT2D eigenvalue weighted by atomic mass is 9.97. The fourth-order valence-corrected chi connectivity index (χ4v) is 4.52. The van der Waals surface area contributed by atoms with Crippen LogP contribution in [0.4, 0.5) is 10.1 Å². The van der Waals surface area contributed by atoms with E-state index in [4.69, 9.17) is 0 Å². The summed E-state index contributed by atoms with van der Waals surface area (Å²) in [6.45, 7) is 1.94. The number of hydrogen-bond donors (Lipinski definition) is 1. The van der Waals surface area contributed by atoms with Gasteiger partial charge in [-0.05, 0) is 43.9 Å². The standard InChI is InChI=1S/C14H17BrFNO2S/c1-2-10-5-3-4-6-14(10)20(18,19)17-13-8-7-11(15)9-12(13)16/h5,7-9,14,17H,2-4,6H2,1H3. The van der Waals surface area contributed by atoms with Crippen LogP contribution in [0.3, 0.4) is 0 Å². The number of benzene rings is 1. The Kier molecular flexibility index (Phi) is 4.86. The summed E-state index contributed by atoms with van der Waals surface area (Å²) in [5.41, 5.74) is 0.912. The molecule has 2 rings (SSSR count). The molecule has 0 aliphatic heterocycles. The van der Waals surface area contributed by atoms with E-state index in [0.29, 0.717) is 17.3 Å². The number of hydrogen-bond acceptors (Lipinski definition) is 2. The molecule has 3 nitrogen and oxygen atoms in total. The molecule has 0 heterocycles. The molecule has 1 atom stereocenters. The third kappa shape index (κ3) is 3.41. The molecule has 0 fully saturated rings. The first-order valence-corrected chi connectivity index (χ1v) is 8.93. The minimum absolute atomic E-state index is 0.00535. The predicted octanol–water partition coefficient (Wildman–Crippen LogP) is 4.22. The van der Waals surface area contributed by atoms with E-state index in [1.807, 2.05) is 13.0 Å². The number of allylic oxidation sites excluding steroid dienone is 1. The van der Waals surface area contributed by atoms with Gasteiger partial charge in [-0.3, -0.25) is 4.72 Å². The number of rotatable bonds is 4. The molecule has 1 aromatic rings. The molecule has 1 N–H and O–H groups in total. The number of halogens is 2. The Labute approximate surface area is 127 Å². The van der Waals surface area contributed by atoms with Gasteiger partial charge in [0.25, 0.3) is 0 Å². The van der Waals surface area contributed by atoms with Gasteiger partial charge in [0, 0.05) is 4.47 Å². The van der Waals surface area contributed by atoms with Gasteiger partial charge < -0.3 is 0 Å². The quantitative estimate of drug-likeness (QED) is 0.816. The van der Waals surface area contributed by atoms with Crippen molar-refractivity contribution >= 4 is 31.6 Å². The lowest BCUT2D eigenvalue weighted by molar-refractivity contribution is 0.572. The topological polar surface area (TPSA) is 46.2 Å². The molecule has 1 aliphatic carbocycles. The van der Waals surface area contributed by atoms with Crippen molar-refractivity contribution in [1.29, 1.82) is 0 Å². The van der Waals surface area contributed by atoms with Gasteiger partial charge in [0.05, 0.1) is 5.69 Å². The van der Waals surface area contributed by atoms with Crippen molar-refractivity contribution < 1.29 is 12.8 Å². The van der Waals surface area contributed by atoms with Crippen molar-refractivity contribution in [2.45, 2.75) is 37.9 Å². The Morgan fingerprint density at radius 1 is 1.45 bits per heavy atom. The highest BCUT2D eigenvalue weighted by atomic mass is 79.9. The van der Waals surface area contributed by atoms with Crippen LogP contribution < -0.4 is 4.72 Å². The first-order chi connectivity index (χ1) is 9.44. The average molecular weight is 362 g/mol. The van der Waals surface area contributed by atoms with E-state index in [1.54, 1.807) is 6.07 Å². The second-order valence-corrected chi connectivity index (χ2v) is 7.60. The summed E-state index contributed by atoms with van der Waals surface area (Å²) < 4.78 is 41.6. The van der Waals surface area contributed by atoms with E-state index >= 15 is 0 Å². The molecule has 0 aromatic heterocycles. The van der Waals surface area contributed by atoms with Crippen LogP contribution in [0, 0.1) is 5.82 Å². The maximum atomic E-state index is 13.8. The second kappa shape index (κ2) is 6.26. The van der Waals surface area contributed by atoms with E-state index in [1.165, 1.54) is 12.1 Å². The van der Waals surface area contributed by atoms with Crippen LogP contribution in [0.1, 0.15) is 32.6 Å². The van der Waals surface area contributed by atoms with Crippen molar-refractivity contribution in [1.82, 2.24) is 0 Å². The van der Waals surface area contributed by atoms with Crippen molar-refractivity contribution in [3.05, 3.63) is 40.1 Å². The second-order valence-electron chi connectivity index (χ2n) is 4.82. The van der Waals surface area contributed by atoms with Crippen LogP contribution in [0.2, 0.25) is 0 Å². The summed E-state index contributed by atoms with van der Waals surface area (Å²) in [5.74, 6) is -0.583. The first kappa shape index (κ1) is 15.5. The van der Waals surface area contributed by atoms with Crippen LogP contribution in [-0.4, -0.2) is 13.7 Å². The molecular formula is C14H17BrFNO2S. The molecule has 0 amide bonds. The first-order valence-electron chi connectivity index (χ1n) is 6.59. The molecule has 1 aliphatic rings. The van der Waals surface area contributed by atoms with Crippen LogP contribution in [0.5, 0.6) is 0 Å². The number of anilines is 1. The van der Waals surface area contributed by atoms with Crippen LogP contribution in [0.25, 0.3) is 0 Å².